The number of nitrogens with zero attached hydrogens (tertiary/aromatic N) is 4. The largest absolute Gasteiger partial charge is 0.338 e. The van der Waals surface area contributed by atoms with Crippen LogP contribution in [0.4, 0.5) is 0 Å². The molecule has 0 radical (unpaired) electrons. The molecule has 3 aliphatic rings. The van der Waals surface area contributed by atoms with Gasteiger partial charge in [0.15, 0.2) is 0 Å². The molecule has 0 spiro atoms. The van der Waals surface area contributed by atoms with Crippen LogP contribution in [0, 0.1) is 5.92 Å². The quantitative estimate of drug-likeness (QED) is 0.715. The molecule has 132 valence electrons. The van der Waals surface area contributed by atoms with Crippen LogP contribution < -0.4 is 5.56 Å². The Hall–Kier alpha value is -1.73. The first kappa shape index (κ1) is 15.5. The van der Waals surface area contributed by atoms with Gasteiger partial charge in [-0.15, -0.1) is 11.3 Å². The Bertz CT molecular complexity index is 947. The first-order valence-corrected chi connectivity index (χ1v) is 9.85. The average Bonchev–Trinajstić information content (AvgIpc) is 3.11. The van der Waals surface area contributed by atoms with Gasteiger partial charge in [-0.2, -0.15) is 0 Å². The van der Waals surface area contributed by atoms with Crippen molar-refractivity contribution >= 4 is 27.5 Å². The standard InChI is InChI=1S/C18H22N4O2S/c1-20-7-11-12(8-20)22-14(9-21(2)17(11)23)19-16-15(18(22)24)10-5-3-4-6-13(10)25-16/h11-12H,3-9H2,1-2H3/t11-,12+/m1/s1. The third-order valence-electron chi connectivity index (χ3n) is 5.97. The van der Waals surface area contributed by atoms with Gasteiger partial charge >= 0.3 is 0 Å². The van der Waals surface area contributed by atoms with Crippen LogP contribution in [0.1, 0.15) is 35.1 Å². The zero-order valence-corrected chi connectivity index (χ0v) is 15.4. The highest BCUT2D eigenvalue weighted by Gasteiger charge is 2.43. The van der Waals surface area contributed by atoms with E-state index in [2.05, 4.69) is 4.90 Å². The van der Waals surface area contributed by atoms with Crippen molar-refractivity contribution in [2.45, 2.75) is 38.3 Å². The maximum Gasteiger partial charge on any atom is 0.262 e. The maximum atomic E-state index is 13.5. The molecule has 1 saturated heterocycles. The lowest BCUT2D eigenvalue weighted by atomic mass is 9.97. The summed E-state index contributed by atoms with van der Waals surface area (Å²) in [6, 6.07) is -0.0963. The number of fused-ring (bicyclic) bond motifs is 6. The van der Waals surface area contributed by atoms with Crippen molar-refractivity contribution < 1.29 is 4.79 Å². The van der Waals surface area contributed by atoms with Crippen LogP contribution >= 0.6 is 11.3 Å². The Morgan fingerprint density at radius 3 is 2.76 bits per heavy atom. The molecule has 25 heavy (non-hydrogen) atoms. The van der Waals surface area contributed by atoms with E-state index in [0.717, 1.165) is 41.8 Å². The van der Waals surface area contributed by atoms with Gasteiger partial charge in [-0.05, 0) is 38.3 Å². The summed E-state index contributed by atoms with van der Waals surface area (Å²) < 4.78 is 1.86. The average molecular weight is 358 g/mol. The minimum atomic E-state index is -0.150. The summed E-state index contributed by atoms with van der Waals surface area (Å²) in [6.07, 6.45) is 4.40. The highest BCUT2D eigenvalue weighted by Crippen LogP contribution is 2.36. The van der Waals surface area contributed by atoms with Crippen molar-refractivity contribution in [1.29, 1.82) is 0 Å². The molecular formula is C18H22N4O2S. The summed E-state index contributed by atoms with van der Waals surface area (Å²) in [7, 11) is 3.84. The summed E-state index contributed by atoms with van der Waals surface area (Å²) >= 11 is 1.68. The zero-order valence-electron chi connectivity index (χ0n) is 14.6. The van der Waals surface area contributed by atoms with E-state index in [9.17, 15) is 9.59 Å². The van der Waals surface area contributed by atoms with Gasteiger partial charge in [-0.3, -0.25) is 14.2 Å². The fraction of sp³-hybridized carbons (Fsp3) is 0.611. The van der Waals surface area contributed by atoms with Crippen molar-refractivity contribution in [3.8, 4) is 0 Å². The van der Waals surface area contributed by atoms with E-state index < -0.39 is 0 Å². The second-order valence-corrected chi connectivity index (χ2v) is 8.77. The molecule has 2 atom stereocenters. The van der Waals surface area contributed by atoms with Gasteiger partial charge < -0.3 is 9.80 Å². The molecule has 1 aliphatic carbocycles. The molecule has 0 bridgehead atoms. The topological polar surface area (TPSA) is 58.4 Å². The maximum absolute atomic E-state index is 13.5. The number of aromatic nitrogens is 2. The van der Waals surface area contributed by atoms with Crippen LogP contribution in [0.2, 0.25) is 0 Å². The lowest BCUT2D eigenvalue weighted by Gasteiger charge is -2.19. The molecule has 6 nitrogen and oxygen atoms in total. The molecule has 7 heteroatoms. The van der Waals surface area contributed by atoms with Gasteiger partial charge in [-0.1, -0.05) is 0 Å². The number of thiophene rings is 1. The van der Waals surface area contributed by atoms with Crippen LogP contribution in [-0.2, 0) is 24.2 Å². The second kappa shape index (κ2) is 5.38. The number of rotatable bonds is 0. The predicted octanol–water partition coefficient (Wildman–Crippen LogP) is 1.41. The van der Waals surface area contributed by atoms with Gasteiger partial charge in [0.25, 0.3) is 5.56 Å². The molecule has 0 saturated carbocycles. The third-order valence-corrected chi connectivity index (χ3v) is 7.15. The summed E-state index contributed by atoms with van der Waals surface area (Å²) in [5, 5.41) is 0.828. The van der Waals surface area contributed by atoms with Crippen LogP contribution in [0.3, 0.4) is 0 Å². The summed E-state index contributed by atoms with van der Waals surface area (Å²) in [6.45, 7) is 1.86. The van der Waals surface area contributed by atoms with Crippen molar-refractivity contribution in [2.24, 2.45) is 5.92 Å². The molecule has 0 aromatic carbocycles. The van der Waals surface area contributed by atoms with E-state index >= 15 is 0 Å². The van der Waals surface area contributed by atoms with Crippen LogP contribution in [-0.4, -0.2) is 52.4 Å². The molecular weight excluding hydrogens is 336 g/mol. The van der Waals surface area contributed by atoms with Crippen molar-refractivity contribution in [3.63, 3.8) is 0 Å². The van der Waals surface area contributed by atoms with Crippen molar-refractivity contribution in [1.82, 2.24) is 19.4 Å². The van der Waals surface area contributed by atoms with Crippen molar-refractivity contribution in [2.75, 3.05) is 27.2 Å². The molecule has 0 unspecified atom stereocenters. The lowest BCUT2D eigenvalue weighted by Crippen LogP contribution is -2.34. The Labute approximate surface area is 150 Å². The predicted molar refractivity (Wildman–Crippen MR) is 97.0 cm³/mol. The normalized spacial score (nSPS) is 26.5. The molecule has 4 heterocycles. The molecule has 1 amide bonds. The number of carbonyl (C=O) groups is 1. The number of hydrogen-bond donors (Lipinski definition) is 0. The number of hydrogen-bond acceptors (Lipinski definition) is 5. The van der Waals surface area contributed by atoms with E-state index in [-0.39, 0.29) is 23.4 Å². The Balaban J connectivity index is 1.79. The smallest absolute Gasteiger partial charge is 0.262 e. The van der Waals surface area contributed by atoms with Gasteiger partial charge in [-0.25, -0.2) is 4.98 Å². The van der Waals surface area contributed by atoms with Crippen LogP contribution in [0.15, 0.2) is 4.79 Å². The molecule has 0 N–H and O–H groups in total. The highest BCUT2D eigenvalue weighted by atomic mass is 32.1. The number of amides is 1. The van der Waals surface area contributed by atoms with Gasteiger partial charge in [0.05, 0.1) is 23.9 Å². The van der Waals surface area contributed by atoms with Gasteiger partial charge in [0.2, 0.25) is 5.91 Å². The summed E-state index contributed by atoms with van der Waals surface area (Å²) in [5.74, 6) is 0.724. The number of carbonyl (C=O) groups excluding carboxylic acids is 1. The molecule has 1 fully saturated rings. The third kappa shape index (κ3) is 2.15. The molecule has 2 aromatic heterocycles. The van der Waals surface area contributed by atoms with Gasteiger partial charge in [0, 0.05) is 25.0 Å². The highest BCUT2D eigenvalue weighted by molar-refractivity contribution is 7.18. The summed E-state index contributed by atoms with van der Waals surface area (Å²) in [4.78, 5) is 37.3. The Morgan fingerprint density at radius 1 is 1.12 bits per heavy atom. The van der Waals surface area contributed by atoms with E-state index in [1.807, 2.05) is 18.7 Å². The first-order valence-electron chi connectivity index (χ1n) is 9.04. The Morgan fingerprint density at radius 2 is 1.92 bits per heavy atom. The monoisotopic (exact) mass is 358 g/mol. The molecule has 2 aromatic rings. The SMILES string of the molecule is CN1C[C@H]2C(=O)N(C)Cc3nc4sc5c(c4c(=O)n3[C@H]2C1)CCCC5. The number of likely N-dealkylation sites (N-methyl/N-ethyl adjacent to an activating group) is 1. The fourth-order valence-corrected chi connectivity index (χ4v) is 6.04. The van der Waals surface area contributed by atoms with E-state index in [1.54, 1.807) is 16.2 Å². The lowest BCUT2D eigenvalue weighted by molar-refractivity contribution is -0.134. The fourth-order valence-electron chi connectivity index (χ4n) is 4.77. The minimum Gasteiger partial charge on any atom is -0.338 e. The van der Waals surface area contributed by atoms with E-state index in [0.29, 0.717) is 13.1 Å². The van der Waals surface area contributed by atoms with Crippen molar-refractivity contribution in [3.05, 3.63) is 26.6 Å². The second-order valence-electron chi connectivity index (χ2n) is 7.68. The molecule has 2 aliphatic heterocycles. The van der Waals surface area contributed by atoms with E-state index in [1.165, 1.54) is 16.9 Å². The number of likely N-dealkylation sites (tertiary alicyclic amines) is 1. The van der Waals surface area contributed by atoms with Gasteiger partial charge in [0.1, 0.15) is 10.7 Å². The minimum absolute atomic E-state index is 0.0767. The van der Waals surface area contributed by atoms with E-state index in [4.69, 9.17) is 4.98 Å². The number of aryl methyl sites for hydroxylation is 2. The zero-order chi connectivity index (χ0) is 17.3. The van der Waals surface area contributed by atoms with Crippen LogP contribution in [0.25, 0.3) is 10.2 Å². The summed E-state index contributed by atoms with van der Waals surface area (Å²) in [5.41, 5.74) is 1.30. The Kier molecular flexibility index (Phi) is 3.34. The van der Waals surface area contributed by atoms with Crippen LogP contribution in [0.5, 0.6) is 0 Å². The molecule has 5 rings (SSSR count). The first-order chi connectivity index (χ1) is 12.0.